The van der Waals surface area contributed by atoms with Gasteiger partial charge in [-0.1, -0.05) is 17.7 Å². The van der Waals surface area contributed by atoms with Crippen LogP contribution >= 0.6 is 0 Å². The summed E-state index contributed by atoms with van der Waals surface area (Å²) in [5, 5.41) is 2.47. The van der Waals surface area contributed by atoms with E-state index in [0.29, 0.717) is 24.3 Å². The molecule has 0 unspecified atom stereocenters. The molecule has 0 atom stereocenters. The van der Waals surface area contributed by atoms with Crippen LogP contribution in [0.15, 0.2) is 47.4 Å². The van der Waals surface area contributed by atoms with Crippen LogP contribution in [0.25, 0.3) is 0 Å². The van der Waals surface area contributed by atoms with Gasteiger partial charge in [-0.25, -0.2) is 26.4 Å². The summed E-state index contributed by atoms with van der Waals surface area (Å²) in [7, 11) is -7.34. The SMILES string of the molecule is Cc1ccc(S(=O)(=O)NC(=O)Nc2ccc3c(c2)CCN3S(C)(=O)=O)cc1. The number of aryl methyl sites for hydroxylation is 1. The molecule has 3 rings (SSSR count). The summed E-state index contributed by atoms with van der Waals surface area (Å²) in [6, 6.07) is 9.97. The maximum absolute atomic E-state index is 12.2. The van der Waals surface area contributed by atoms with Gasteiger partial charge in [0.25, 0.3) is 10.0 Å². The number of hydrogen-bond donors (Lipinski definition) is 2. The molecule has 0 bridgehead atoms. The van der Waals surface area contributed by atoms with Crippen molar-refractivity contribution in [3.05, 3.63) is 53.6 Å². The molecule has 144 valence electrons. The summed E-state index contributed by atoms with van der Waals surface area (Å²) in [4.78, 5) is 12.1. The predicted molar refractivity (Wildman–Crippen MR) is 103 cm³/mol. The van der Waals surface area contributed by atoms with E-state index in [2.05, 4.69) is 5.32 Å². The van der Waals surface area contributed by atoms with Crippen molar-refractivity contribution >= 4 is 37.5 Å². The molecule has 8 nitrogen and oxygen atoms in total. The van der Waals surface area contributed by atoms with E-state index >= 15 is 0 Å². The Morgan fingerprint density at radius 3 is 2.33 bits per heavy atom. The fraction of sp³-hybridized carbons (Fsp3) is 0.235. The molecule has 2 N–H and O–H groups in total. The van der Waals surface area contributed by atoms with E-state index in [1.165, 1.54) is 22.5 Å². The second-order valence-electron chi connectivity index (χ2n) is 6.30. The minimum atomic E-state index is -3.99. The number of anilines is 2. The molecule has 2 amide bonds. The number of hydrogen-bond acceptors (Lipinski definition) is 5. The van der Waals surface area contributed by atoms with Crippen molar-refractivity contribution in [1.82, 2.24) is 4.72 Å². The molecule has 0 spiro atoms. The van der Waals surface area contributed by atoms with Gasteiger partial charge in [-0.05, 0) is 49.2 Å². The zero-order valence-corrected chi connectivity index (χ0v) is 16.4. The van der Waals surface area contributed by atoms with E-state index in [0.717, 1.165) is 17.4 Å². The molecule has 0 saturated heterocycles. The largest absolute Gasteiger partial charge is 0.333 e. The number of carbonyl (C=O) groups is 1. The fourth-order valence-electron chi connectivity index (χ4n) is 2.85. The summed E-state index contributed by atoms with van der Waals surface area (Å²) in [5.41, 5.74) is 2.61. The van der Waals surface area contributed by atoms with Gasteiger partial charge >= 0.3 is 6.03 Å². The highest BCUT2D eigenvalue weighted by molar-refractivity contribution is 7.92. The number of amides is 2. The second kappa shape index (κ2) is 6.86. The van der Waals surface area contributed by atoms with Gasteiger partial charge in [0.1, 0.15) is 0 Å². The molecule has 0 aromatic heterocycles. The number of urea groups is 1. The van der Waals surface area contributed by atoms with E-state index in [1.807, 2.05) is 11.6 Å². The van der Waals surface area contributed by atoms with Crippen LogP contribution < -0.4 is 14.3 Å². The Morgan fingerprint density at radius 2 is 1.70 bits per heavy atom. The summed E-state index contributed by atoms with van der Waals surface area (Å²) < 4.78 is 51.2. The topological polar surface area (TPSA) is 113 Å². The number of nitrogens with zero attached hydrogens (tertiary/aromatic N) is 1. The third-order valence-electron chi connectivity index (χ3n) is 4.15. The molecule has 0 aliphatic carbocycles. The zero-order valence-electron chi connectivity index (χ0n) is 14.8. The number of sulfonamides is 2. The average Bonchev–Trinajstić information content (AvgIpc) is 2.98. The van der Waals surface area contributed by atoms with E-state index in [9.17, 15) is 21.6 Å². The van der Waals surface area contributed by atoms with Crippen molar-refractivity contribution in [1.29, 1.82) is 0 Å². The Labute approximate surface area is 158 Å². The van der Waals surface area contributed by atoms with Gasteiger partial charge in [-0.15, -0.1) is 0 Å². The summed E-state index contributed by atoms with van der Waals surface area (Å²) in [6.45, 7) is 2.17. The predicted octanol–water partition coefficient (Wildman–Crippen LogP) is 1.83. The lowest BCUT2D eigenvalue weighted by Crippen LogP contribution is -2.34. The minimum Gasteiger partial charge on any atom is -0.307 e. The lowest BCUT2D eigenvalue weighted by atomic mass is 10.1. The van der Waals surface area contributed by atoms with Crippen LogP contribution in [0.4, 0.5) is 16.2 Å². The Morgan fingerprint density at radius 1 is 1.04 bits per heavy atom. The summed E-state index contributed by atoms with van der Waals surface area (Å²) in [5.74, 6) is 0. The Kier molecular flexibility index (Phi) is 4.87. The minimum absolute atomic E-state index is 0.0130. The molecule has 1 aliphatic heterocycles. The van der Waals surface area contributed by atoms with Crippen molar-refractivity contribution in [2.24, 2.45) is 0 Å². The highest BCUT2D eigenvalue weighted by Gasteiger charge is 2.26. The van der Waals surface area contributed by atoms with Crippen molar-refractivity contribution in [3.8, 4) is 0 Å². The molecule has 0 radical (unpaired) electrons. The summed E-state index contributed by atoms with van der Waals surface area (Å²) in [6.07, 6.45) is 1.65. The first-order valence-corrected chi connectivity index (χ1v) is 11.4. The molecule has 0 fully saturated rings. The molecule has 0 saturated carbocycles. The van der Waals surface area contributed by atoms with E-state index in [-0.39, 0.29) is 4.90 Å². The number of fused-ring (bicyclic) bond motifs is 1. The van der Waals surface area contributed by atoms with Gasteiger partial charge in [-0.2, -0.15) is 0 Å². The molecular weight excluding hydrogens is 390 g/mol. The van der Waals surface area contributed by atoms with Gasteiger partial charge < -0.3 is 5.32 Å². The van der Waals surface area contributed by atoms with Crippen molar-refractivity contribution in [3.63, 3.8) is 0 Å². The van der Waals surface area contributed by atoms with Crippen LogP contribution in [-0.2, 0) is 26.5 Å². The first kappa shape index (κ1) is 19.2. The standard InChI is InChI=1S/C17H19N3O5S2/c1-12-3-6-15(7-4-12)27(24,25)19-17(21)18-14-5-8-16-13(11-14)9-10-20(16)26(2,22)23/h3-8,11H,9-10H2,1-2H3,(H2,18,19,21). The van der Waals surface area contributed by atoms with Gasteiger partial charge in [-0.3, -0.25) is 4.31 Å². The van der Waals surface area contributed by atoms with Crippen LogP contribution in [0.5, 0.6) is 0 Å². The Hall–Kier alpha value is -2.59. The molecule has 2 aromatic rings. The second-order valence-corrected chi connectivity index (χ2v) is 9.89. The van der Waals surface area contributed by atoms with Crippen molar-refractivity contribution in [2.75, 3.05) is 22.4 Å². The van der Waals surface area contributed by atoms with E-state index in [1.54, 1.807) is 24.3 Å². The van der Waals surface area contributed by atoms with Crippen LogP contribution in [0, 0.1) is 6.92 Å². The number of carbonyl (C=O) groups excluding carboxylic acids is 1. The third-order valence-corrected chi connectivity index (χ3v) is 6.68. The third kappa shape index (κ3) is 4.22. The van der Waals surface area contributed by atoms with Crippen LogP contribution in [0.2, 0.25) is 0 Å². The monoisotopic (exact) mass is 409 g/mol. The summed E-state index contributed by atoms with van der Waals surface area (Å²) >= 11 is 0. The normalized spacial score (nSPS) is 13.9. The van der Waals surface area contributed by atoms with Crippen LogP contribution in [-0.4, -0.2) is 35.7 Å². The van der Waals surface area contributed by atoms with Gasteiger partial charge in [0.15, 0.2) is 0 Å². The van der Waals surface area contributed by atoms with Crippen LogP contribution in [0.1, 0.15) is 11.1 Å². The quantitative estimate of drug-likeness (QED) is 0.800. The molecule has 1 heterocycles. The highest BCUT2D eigenvalue weighted by atomic mass is 32.2. The molecule has 10 heteroatoms. The van der Waals surface area contributed by atoms with Gasteiger partial charge in [0.2, 0.25) is 10.0 Å². The molecule has 2 aromatic carbocycles. The fourth-order valence-corrected chi connectivity index (χ4v) is 4.71. The molecule has 1 aliphatic rings. The highest BCUT2D eigenvalue weighted by Crippen LogP contribution is 2.32. The van der Waals surface area contributed by atoms with E-state index in [4.69, 9.17) is 0 Å². The number of nitrogens with one attached hydrogen (secondary N) is 2. The first-order chi connectivity index (χ1) is 12.6. The first-order valence-electron chi connectivity index (χ1n) is 8.07. The number of benzene rings is 2. The van der Waals surface area contributed by atoms with Gasteiger partial charge in [0.05, 0.1) is 16.8 Å². The zero-order chi connectivity index (χ0) is 19.8. The molecule has 27 heavy (non-hydrogen) atoms. The van der Waals surface area contributed by atoms with Crippen molar-refractivity contribution in [2.45, 2.75) is 18.2 Å². The smallest absolute Gasteiger partial charge is 0.307 e. The Balaban J connectivity index is 1.73. The maximum Gasteiger partial charge on any atom is 0.333 e. The van der Waals surface area contributed by atoms with E-state index < -0.39 is 26.1 Å². The maximum atomic E-state index is 12.2. The number of rotatable bonds is 4. The molecular formula is C17H19N3O5S2. The lowest BCUT2D eigenvalue weighted by Gasteiger charge is -2.16. The van der Waals surface area contributed by atoms with Crippen LogP contribution in [0.3, 0.4) is 0 Å². The van der Waals surface area contributed by atoms with Crippen molar-refractivity contribution < 1.29 is 21.6 Å². The Bertz CT molecular complexity index is 1090. The van der Waals surface area contributed by atoms with Gasteiger partial charge in [0, 0.05) is 12.2 Å². The lowest BCUT2D eigenvalue weighted by molar-refractivity contribution is 0.256. The average molecular weight is 409 g/mol.